The van der Waals surface area contributed by atoms with E-state index >= 15 is 0 Å². The summed E-state index contributed by atoms with van der Waals surface area (Å²) in [4.78, 5) is 26.8. The lowest BCUT2D eigenvalue weighted by molar-refractivity contribution is -0.117. The molecule has 0 spiro atoms. The van der Waals surface area contributed by atoms with Gasteiger partial charge in [-0.1, -0.05) is 59.8 Å². The third-order valence-electron chi connectivity index (χ3n) is 4.20. The van der Waals surface area contributed by atoms with Crippen LogP contribution < -0.4 is 10.2 Å². The van der Waals surface area contributed by atoms with E-state index in [0.717, 1.165) is 11.1 Å². The second-order valence-corrected chi connectivity index (χ2v) is 7.56. The van der Waals surface area contributed by atoms with Gasteiger partial charge >= 0.3 is 0 Å². The van der Waals surface area contributed by atoms with Gasteiger partial charge in [-0.15, -0.1) is 0 Å². The zero-order valence-electron chi connectivity index (χ0n) is 15.1. The summed E-state index contributed by atoms with van der Waals surface area (Å²) in [6.07, 6.45) is 0. The molecule has 1 atom stereocenters. The molecular weight excluding hydrogens is 358 g/mol. The molecule has 0 aromatic heterocycles. The molecule has 1 unspecified atom stereocenters. The summed E-state index contributed by atoms with van der Waals surface area (Å²) in [6, 6.07) is 18.9. The fraction of sp³-hybridized carbons (Fsp3) is 0.190. The molecule has 0 radical (unpaired) electrons. The lowest BCUT2D eigenvalue weighted by Gasteiger charge is -2.18. The number of hydrogen-bond acceptors (Lipinski definition) is 4. The lowest BCUT2D eigenvalue weighted by atomic mass is 10.2. The SMILES string of the molecule is Cc1ccc(N2C(=O)C(C)SC2=C(C#N)C(=O)NCc2ccccc2)cc1. The quantitative estimate of drug-likeness (QED) is 0.654. The minimum Gasteiger partial charge on any atom is -0.347 e. The van der Waals surface area contributed by atoms with E-state index in [-0.39, 0.29) is 16.7 Å². The molecule has 1 N–H and O–H groups in total. The van der Waals surface area contributed by atoms with Gasteiger partial charge in [0.2, 0.25) is 5.91 Å². The average Bonchev–Trinajstić information content (AvgIpc) is 2.97. The lowest BCUT2D eigenvalue weighted by Crippen LogP contribution is -2.30. The first-order valence-electron chi connectivity index (χ1n) is 8.55. The van der Waals surface area contributed by atoms with Crippen molar-refractivity contribution in [3.05, 3.63) is 76.3 Å². The number of carbonyl (C=O) groups is 2. The first-order chi connectivity index (χ1) is 13.0. The minimum absolute atomic E-state index is 0.0470. The highest BCUT2D eigenvalue weighted by molar-refractivity contribution is 8.05. The van der Waals surface area contributed by atoms with Crippen molar-refractivity contribution in [2.45, 2.75) is 25.6 Å². The molecule has 136 valence electrons. The summed E-state index contributed by atoms with van der Waals surface area (Å²) < 4.78 is 0. The molecule has 1 aliphatic heterocycles. The zero-order valence-corrected chi connectivity index (χ0v) is 15.9. The van der Waals surface area contributed by atoms with Crippen LogP contribution in [0.2, 0.25) is 0 Å². The highest BCUT2D eigenvalue weighted by Gasteiger charge is 2.38. The molecule has 0 saturated carbocycles. The van der Waals surface area contributed by atoms with E-state index in [1.807, 2.05) is 67.6 Å². The Bertz CT molecular complexity index is 930. The van der Waals surface area contributed by atoms with Gasteiger partial charge in [0, 0.05) is 12.2 Å². The second-order valence-electron chi connectivity index (χ2n) is 6.23. The van der Waals surface area contributed by atoms with Crippen LogP contribution >= 0.6 is 11.8 Å². The molecule has 2 amide bonds. The van der Waals surface area contributed by atoms with E-state index in [1.165, 1.54) is 16.7 Å². The summed E-state index contributed by atoms with van der Waals surface area (Å²) in [7, 11) is 0. The monoisotopic (exact) mass is 377 g/mol. The van der Waals surface area contributed by atoms with Crippen LogP contribution in [-0.4, -0.2) is 17.1 Å². The first-order valence-corrected chi connectivity index (χ1v) is 9.43. The molecule has 1 heterocycles. The number of hydrogen-bond donors (Lipinski definition) is 1. The molecule has 6 heteroatoms. The number of anilines is 1. The van der Waals surface area contributed by atoms with Crippen molar-refractivity contribution in [2.75, 3.05) is 4.90 Å². The van der Waals surface area contributed by atoms with Crippen LogP contribution in [-0.2, 0) is 16.1 Å². The summed E-state index contributed by atoms with van der Waals surface area (Å²) in [5, 5.41) is 12.4. The number of rotatable bonds is 4. The zero-order chi connectivity index (χ0) is 19.4. The Morgan fingerprint density at radius 1 is 1.19 bits per heavy atom. The van der Waals surface area contributed by atoms with Gasteiger partial charge in [-0.3, -0.25) is 14.5 Å². The molecule has 0 aliphatic carbocycles. The highest BCUT2D eigenvalue weighted by atomic mass is 32.2. The summed E-state index contributed by atoms with van der Waals surface area (Å²) in [5.74, 6) is -0.620. The van der Waals surface area contributed by atoms with Crippen LogP contribution in [0.25, 0.3) is 0 Å². The van der Waals surface area contributed by atoms with E-state index < -0.39 is 5.91 Å². The second kappa shape index (κ2) is 8.11. The Kier molecular flexibility index (Phi) is 5.63. The van der Waals surface area contributed by atoms with Crippen molar-refractivity contribution in [1.82, 2.24) is 5.32 Å². The summed E-state index contributed by atoms with van der Waals surface area (Å²) in [6.45, 7) is 4.05. The van der Waals surface area contributed by atoms with Gasteiger partial charge < -0.3 is 5.32 Å². The Labute approximate surface area is 162 Å². The molecule has 27 heavy (non-hydrogen) atoms. The Balaban J connectivity index is 1.91. The average molecular weight is 377 g/mol. The van der Waals surface area contributed by atoms with Crippen molar-refractivity contribution < 1.29 is 9.59 Å². The van der Waals surface area contributed by atoms with Crippen LogP contribution in [0, 0.1) is 18.3 Å². The van der Waals surface area contributed by atoms with E-state index in [2.05, 4.69) is 5.32 Å². The number of amides is 2. The van der Waals surface area contributed by atoms with Crippen molar-refractivity contribution in [2.24, 2.45) is 0 Å². The maximum Gasteiger partial charge on any atom is 0.264 e. The topological polar surface area (TPSA) is 73.2 Å². The number of carbonyl (C=O) groups excluding carboxylic acids is 2. The number of nitrogens with zero attached hydrogens (tertiary/aromatic N) is 2. The number of benzene rings is 2. The van der Waals surface area contributed by atoms with Gasteiger partial charge in [0.15, 0.2) is 0 Å². The van der Waals surface area contributed by atoms with Crippen LogP contribution in [0.4, 0.5) is 5.69 Å². The molecule has 1 aliphatic rings. The van der Waals surface area contributed by atoms with E-state index in [1.54, 1.807) is 6.92 Å². The largest absolute Gasteiger partial charge is 0.347 e. The molecular formula is C21H19N3O2S. The van der Waals surface area contributed by atoms with Gasteiger partial charge in [-0.2, -0.15) is 5.26 Å². The molecule has 0 bridgehead atoms. The first kappa shape index (κ1) is 18.7. The van der Waals surface area contributed by atoms with E-state index in [9.17, 15) is 14.9 Å². The Morgan fingerprint density at radius 3 is 2.48 bits per heavy atom. The standard InChI is InChI=1S/C21H19N3O2S/c1-14-8-10-17(11-9-14)24-20(26)15(2)27-21(24)18(12-22)19(25)23-13-16-6-4-3-5-7-16/h3-11,15H,13H2,1-2H3,(H,23,25). The number of aryl methyl sites for hydroxylation is 1. The van der Waals surface area contributed by atoms with Gasteiger partial charge in [0.05, 0.1) is 5.25 Å². The third-order valence-corrected chi connectivity index (χ3v) is 5.37. The van der Waals surface area contributed by atoms with Crippen LogP contribution in [0.3, 0.4) is 0 Å². The Morgan fingerprint density at radius 2 is 1.85 bits per heavy atom. The minimum atomic E-state index is -0.483. The summed E-state index contributed by atoms with van der Waals surface area (Å²) >= 11 is 1.24. The fourth-order valence-corrected chi connectivity index (χ4v) is 3.82. The highest BCUT2D eigenvalue weighted by Crippen LogP contribution is 2.40. The molecule has 3 rings (SSSR count). The Hall–Kier alpha value is -3.04. The van der Waals surface area contributed by atoms with Gasteiger partial charge in [0.25, 0.3) is 5.91 Å². The number of thioether (sulfide) groups is 1. The van der Waals surface area contributed by atoms with Gasteiger partial charge in [-0.25, -0.2) is 0 Å². The summed E-state index contributed by atoms with van der Waals surface area (Å²) in [5.41, 5.74) is 2.61. The predicted molar refractivity (Wildman–Crippen MR) is 107 cm³/mol. The van der Waals surface area contributed by atoms with Crippen LogP contribution in [0.1, 0.15) is 18.1 Å². The number of nitriles is 1. The molecule has 5 nitrogen and oxygen atoms in total. The molecule has 1 saturated heterocycles. The van der Waals surface area contributed by atoms with Crippen molar-refractivity contribution in [3.8, 4) is 6.07 Å². The maximum absolute atomic E-state index is 12.7. The van der Waals surface area contributed by atoms with Crippen LogP contribution in [0.15, 0.2) is 65.2 Å². The fourth-order valence-electron chi connectivity index (χ4n) is 2.72. The normalized spacial score (nSPS) is 18.2. The van der Waals surface area contributed by atoms with E-state index in [0.29, 0.717) is 17.3 Å². The molecule has 1 fully saturated rings. The van der Waals surface area contributed by atoms with Crippen molar-refractivity contribution in [1.29, 1.82) is 5.26 Å². The predicted octanol–water partition coefficient (Wildman–Crippen LogP) is 3.51. The number of nitrogens with one attached hydrogen (secondary N) is 1. The maximum atomic E-state index is 12.7. The molecule has 2 aromatic rings. The van der Waals surface area contributed by atoms with Gasteiger partial charge in [-0.05, 0) is 31.5 Å². The van der Waals surface area contributed by atoms with Crippen molar-refractivity contribution in [3.63, 3.8) is 0 Å². The third kappa shape index (κ3) is 4.04. The molecule has 2 aromatic carbocycles. The smallest absolute Gasteiger partial charge is 0.264 e. The van der Waals surface area contributed by atoms with Crippen molar-refractivity contribution >= 4 is 29.3 Å². The van der Waals surface area contributed by atoms with E-state index in [4.69, 9.17) is 0 Å². The van der Waals surface area contributed by atoms with Gasteiger partial charge in [0.1, 0.15) is 16.7 Å². The van der Waals surface area contributed by atoms with Crippen LogP contribution in [0.5, 0.6) is 0 Å².